The second kappa shape index (κ2) is 16.2. The Bertz CT molecular complexity index is 2200. The van der Waals surface area contributed by atoms with E-state index in [0.29, 0.717) is 30.8 Å². The van der Waals surface area contributed by atoms with Crippen molar-refractivity contribution in [2.45, 2.75) is 70.5 Å². The number of likely N-dealkylation sites (tertiary alicyclic amines) is 1. The Hall–Kier alpha value is -5.98. The van der Waals surface area contributed by atoms with Gasteiger partial charge >= 0.3 is 6.09 Å². The number of benzene rings is 2. The minimum Gasteiger partial charge on any atom is -0.481 e. The van der Waals surface area contributed by atoms with Crippen molar-refractivity contribution in [2.75, 3.05) is 20.8 Å². The molecule has 2 saturated carbocycles. The molecule has 2 unspecified atom stereocenters. The lowest BCUT2D eigenvalue weighted by Gasteiger charge is -2.30. The van der Waals surface area contributed by atoms with Crippen LogP contribution in [0.3, 0.4) is 0 Å². The fourth-order valence-corrected chi connectivity index (χ4v) is 9.19. The zero-order valence-electron chi connectivity index (χ0n) is 32.8. The molecule has 57 heavy (non-hydrogen) atoms. The van der Waals surface area contributed by atoms with Crippen LogP contribution in [0.1, 0.15) is 75.1 Å². The Balaban J connectivity index is 0.910. The SMILES string of the molecule is COC(=O)N[C@H](C(=O)N1CCC[C@H]1c1ncc(-c2ccc(-c3ccc(-c4cnc([C@H]5C6CCC(C6)[C@@H]5C(=O)NCc5ccc(OC)nc5)[nH]4)cc3)cc2)[nH]1)C(C)C. The molecule has 13 heteroatoms. The van der Waals surface area contributed by atoms with Crippen LogP contribution in [-0.2, 0) is 20.9 Å². The van der Waals surface area contributed by atoms with Crippen molar-refractivity contribution in [2.24, 2.45) is 23.7 Å². The van der Waals surface area contributed by atoms with Crippen LogP contribution in [0.5, 0.6) is 5.88 Å². The molecule has 6 atom stereocenters. The monoisotopic (exact) mass is 770 g/mol. The summed E-state index contributed by atoms with van der Waals surface area (Å²) >= 11 is 0. The van der Waals surface area contributed by atoms with Gasteiger partial charge in [0, 0.05) is 31.3 Å². The first-order chi connectivity index (χ1) is 27.7. The van der Waals surface area contributed by atoms with Gasteiger partial charge < -0.3 is 35.0 Å². The number of carbonyl (C=O) groups is 3. The number of amides is 3. The van der Waals surface area contributed by atoms with Gasteiger partial charge in [-0.1, -0.05) is 68.4 Å². The van der Waals surface area contributed by atoms with Crippen LogP contribution in [0.15, 0.2) is 79.3 Å². The number of aromatic nitrogens is 5. The van der Waals surface area contributed by atoms with Crippen LogP contribution < -0.4 is 15.4 Å². The summed E-state index contributed by atoms with van der Waals surface area (Å²) in [6.45, 7) is 4.85. The smallest absolute Gasteiger partial charge is 0.407 e. The van der Waals surface area contributed by atoms with Gasteiger partial charge in [-0.25, -0.2) is 19.7 Å². The number of imidazole rings is 2. The molecule has 2 bridgehead atoms. The molecule has 3 aliphatic rings. The van der Waals surface area contributed by atoms with Crippen LogP contribution in [0, 0.1) is 23.7 Å². The van der Waals surface area contributed by atoms with E-state index >= 15 is 0 Å². The quantitative estimate of drug-likeness (QED) is 0.105. The standard InChI is InChI=1S/C44H50N8O5/c1-25(2)39(51-44(55)57-4)43(54)52-19-5-6-35(52)40-46-23-33(49-40)29-12-8-27(9-13-29)28-10-14-30(15-11-28)34-24-47-41(50-34)37-31-16-17-32(20-31)38(37)42(53)48-22-26-7-18-36(56-3)45-21-26/h7-15,18,21,23-25,31-32,35,37-39H,5-6,16-17,19-20,22H2,1-4H3,(H,46,49)(H,47,50)(H,48,53)(H,51,55)/t31?,32?,35-,37-,38-,39-/m0/s1. The number of ether oxygens (including phenoxy) is 2. The van der Waals surface area contributed by atoms with E-state index in [1.165, 1.54) is 7.11 Å². The number of rotatable bonds is 12. The van der Waals surface area contributed by atoms with Gasteiger partial charge in [-0.15, -0.1) is 0 Å². The molecule has 4 N–H and O–H groups in total. The molecule has 2 aromatic carbocycles. The van der Waals surface area contributed by atoms with E-state index < -0.39 is 12.1 Å². The van der Waals surface area contributed by atoms with Crippen molar-refractivity contribution in [1.82, 2.24) is 40.5 Å². The zero-order chi connectivity index (χ0) is 39.6. The lowest BCUT2D eigenvalue weighted by molar-refractivity contribution is -0.135. The largest absolute Gasteiger partial charge is 0.481 e. The van der Waals surface area contributed by atoms with Gasteiger partial charge in [-0.05, 0) is 77.7 Å². The van der Waals surface area contributed by atoms with Gasteiger partial charge in [0.05, 0.1) is 50.0 Å². The first-order valence-corrected chi connectivity index (χ1v) is 19.9. The third-order valence-corrected chi connectivity index (χ3v) is 12.2. The molecule has 0 spiro atoms. The third kappa shape index (κ3) is 7.75. The van der Waals surface area contributed by atoms with Gasteiger partial charge in [0.2, 0.25) is 17.7 Å². The molecule has 8 rings (SSSR count). The molecule has 1 aliphatic heterocycles. The summed E-state index contributed by atoms with van der Waals surface area (Å²) in [4.78, 5) is 61.8. The average Bonchev–Trinajstić information content (AvgIpc) is 4.10. The van der Waals surface area contributed by atoms with E-state index in [4.69, 9.17) is 14.5 Å². The maximum Gasteiger partial charge on any atom is 0.407 e. The van der Waals surface area contributed by atoms with Crippen LogP contribution in [0.2, 0.25) is 0 Å². The van der Waals surface area contributed by atoms with Gasteiger partial charge in [0.15, 0.2) is 0 Å². The Morgan fingerprint density at radius 1 is 0.789 bits per heavy atom. The Labute approximate surface area is 332 Å². The van der Waals surface area contributed by atoms with Crippen molar-refractivity contribution in [1.29, 1.82) is 0 Å². The van der Waals surface area contributed by atoms with E-state index in [1.54, 1.807) is 13.3 Å². The van der Waals surface area contributed by atoms with Gasteiger partial charge in [0.25, 0.3) is 0 Å². The van der Waals surface area contributed by atoms with Crippen molar-refractivity contribution >= 4 is 17.9 Å². The number of carbonyl (C=O) groups excluding carboxylic acids is 3. The highest BCUT2D eigenvalue weighted by atomic mass is 16.5. The molecular formula is C44H50N8O5. The molecule has 13 nitrogen and oxygen atoms in total. The van der Waals surface area contributed by atoms with Gasteiger partial charge in [-0.2, -0.15) is 0 Å². The lowest BCUT2D eigenvalue weighted by atomic mass is 9.78. The average molecular weight is 771 g/mol. The van der Waals surface area contributed by atoms with Crippen molar-refractivity contribution < 1.29 is 23.9 Å². The minimum atomic E-state index is -0.680. The van der Waals surface area contributed by atoms with E-state index in [1.807, 2.05) is 43.3 Å². The van der Waals surface area contributed by atoms with Crippen LogP contribution in [0.4, 0.5) is 4.79 Å². The number of pyridine rings is 1. The molecule has 3 amide bonds. The van der Waals surface area contributed by atoms with E-state index in [-0.39, 0.29) is 35.6 Å². The third-order valence-electron chi connectivity index (χ3n) is 12.2. The molecule has 2 aliphatic carbocycles. The lowest BCUT2D eigenvalue weighted by Crippen LogP contribution is -2.51. The first kappa shape index (κ1) is 37.9. The summed E-state index contributed by atoms with van der Waals surface area (Å²) < 4.78 is 9.92. The van der Waals surface area contributed by atoms with Crippen molar-refractivity contribution in [3.8, 4) is 39.5 Å². The molecule has 1 saturated heterocycles. The Morgan fingerprint density at radius 2 is 1.42 bits per heavy atom. The van der Waals surface area contributed by atoms with Gasteiger partial charge in [-0.3, -0.25) is 9.59 Å². The normalized spacial score (nSPS) is 21.8. The van der Waals surface area contributed by atoms with Crippen LogP contribution >= 0.6 is 0 Å². The highest BCUT2D eigenvalue weighted by Gasteiger charge is 2.52. The number of hydrogen-bond acceptors (Lipinski definition) is 8. The first-order valence-electron chi connectivity index (χ1n) is 19.9. The molecule has 3 aromatic heterocycles. The molecular weight excluding hydrogens is 721 g/mol. The zero-order valence-corrected chi connectivity index (χ0v) is 32.8. The second-order valence-corrected chi connectivity index (χ2v) is 15.9. The highest BCUT2D eigenvalue weighted by Crippen LogP contribution is 2.56. The van der Waals surface area contributed by atoms with Crippen LogP contribution in [-0.4, -0.2) is 74.5 Å². The van der Waals surface area contributed by atoms with E-state index in [2.05, 4.69) is 79.1 Å². The molecule has 4 heterocycles. The number of aromatic amines is 2. The highest BCUT2D eigenvalue weighted by molar-refractivity contribution is 5.86. The summed E-state index contributed by atoms with van der Waals surface area (Å²) in [5, 5.41) is 5.88. The number of methoxy groups -OCH3 is 2. The van der Waals surface area contributed by atoms with E-state index in [0.717, 1.165) is 83.0 Å². The number of alkyl carbamates (subject to hydrolysis) is 1. The Morgan fingerprint density at radius 3 is 2.04 bits per heavy atom. The number of nitrogens with one attached hydrogen (secondary N) is 4. The molecule has 296 valence electrons. The van der Waals surface area contributed by atoms with Crippen molar-refractivity contribution in [3.63, 3.8) is 0 Å². The summed E-state index contributed by atoms with van der Waals surface area (Å²) in [5.74, 6) is 2.83. The van der Waals surface area contributed by atoms with Crippen LogP contribution in [0.25, 0.3) is 33.6 Å². The summed E-state index contributed by atoms with van der Waals surface area (Å²) in [7, 11) is 2.88. The molecule has 0 radical (unpaired) electrons. The molecule has 5 aromatic rings. The Kier molecular flexibility index (Phi) is 10.8. The van der Waals surface area contributed by atoms with Crippen molar-refractivity contribution in [3.05, 3.63) is 96.5 Å². The second-order valence-electron chi connectivity index (χ2n) is 15.9. The number of H-pyrrole nitrogens is 2. The van der Waals surface area contributed by atoms with E-state index in [9.17, 15) is 14.4 Å². The predicted molar refractivity (Wildman–Crippen MR) is 215 cm³/mol. The predicted octanol–water partition coefficient (Wildman–Crippen LogP) is 7.03. The topological polar surface area (TPSA) is 167 Å². The fraction of sp³-hybridized carbons (Fsp3) is 0.409. The van der Waals surface area contributed by atoms with Gasteiger partial charge in [0.1, 0.15) is 17.7 Å². The molecule has 3 fully saturated rings. The summed E-state index contributed by atoms with van der Waals surface area (Å²) in [5.41, 5.74) is 6.96. The maximum absolute atomic E-state index is 13.6. The summed E-state index contributed by atoms with van der Waals surface area (Å²) in [6.07, 6.45) is 9.76. The number of hydrogen-bond donors (Lipinski definition) is 4. The minimum absolute atomic E-state index is 0.0717. The summed E-state index contributed by atoms with van der Waals surface area (Å²) in [6, 6.07) is 19.7. The maximum atomic E-state index is 13.6. The number of fused-ring (bicyclic) bond motifs is 2. The number of nitrogens with zero attached hydrogens (tertiary/aromatic N) is 4. The fourth-order valence-electron chi connectivity index (χ4n) is 9.19.